The Kier molecular flexibility index (Phi) is 7.60. The van der Waals surface area contributed by atoms with Crippen LogP contribution < -0.4 is 10.0 Å². The van der Waals surface area contributed by atoms with Gasteiger partial charge in [-0.25, -0.2) is 13.1 Å². The highest BCUT2D eigenvalue weighted by Gasteiger charge is 2.25. The van der Waals surface area contributed by atoms with E-state index >= 15 is 0 Å². The van der Waals surface area contributed by atoms with Crippen LogP contribution in [0.15, 0.2) is 59.5 Å². The number of benzene rings is 2. The van der Waals surface area contributed by atoms with Crippen LogP contribution in [0.25, 0.3) is 0 Å². The zero-order valence-electron chi connectivity index (χ0n) is 16.0. The van der Waals surface area contributed by atoms with Gasteiger partial charge in [-0.3, -0.25) is 4.79 Å². The van der Waals surface area contributed by atoms with Crippen LogP contribution in [-0.2, 0) is 10.0 Å². The standard InChI is InChI=1S/C20H25N3O3S.ClH/c1-15(16-7-4-3-5-8-16)22-27(25,26)19-10-6-9-17(13-19)20(24)23(2)18-11-12-21-14-18;/h3-10,13,15,18,21-22H,11-12,14H2,1-2H3;1H. The molecule has 2 atom stereocenters. The molecule has 8 heteroatoms. The van der Waals surface area contributed by atoms with Crippen molar-refractivity contribution in [1.82, 2.24) is 14.9 Å². The quantitative estimate of drug-likeness (QED) is 0.748. The number of nitrogens with one attached hydrogen (secondary N) is 2. The third kappa shape index (κ3) is 5.11. The van der Waals surface area contributed by atoms with E-state index in [9.17, 15) is 13.2 Å². The van der Waals surface area contributed by atoms with Gasteiger partial charge in [0.25, 0.3) is 5.91 Å². The average molecular weight is 424 g/mol. The predicted octanol–water partition coefficient (Wildman–Crippen LogP) is 2.58. The number of rotatable bonds is 6. The highest BCUT2D eigenvalue weighted by atomic mass is 35.5. The number of halogens is 1. The van der Waals surface area contributed by atoms with Crippen LogP contribution in [0.1, 0.15) is 35.3 Å². The Labute approximate surface area is 172 Å². The summed E-state index contributed by atoms with van der Waals surface area (Å²) in [6, 6.07) is 15.3. The van der Waals surface area contributed by atoms with Crippen molar-refractivity contribution in [2.75, 3.05) is 20.1 Å². The van der Waals surface area contributed by atoms with Gasteiger partial charge in [-0.05, 0) is 43.7 Å². The first-order valence-electron chi connectivity index (χ1n) is 9.04. The second kappa shape index (κ2) is 9.52. The lowest BCUT2D eigenvalue weighted by Gasteiger charge is -2.24. The average Bonchev–Trinajstić information content (AvgIpc) is 3.22. The fourth-order valence-corrected chi connectivity index (χ4v) is 4.52. The van der Waals surface area contributed by atoms with E-state index in [0.29, 0.717) is 5.56 Å². The van der Waals surface area contributed by atoms with Crippen molar-refractivity contribution in [3.05, 3.63) is 65.7 Å². The molecular formula is C20H26ClN3O3S. The zero-order chi connectivity index (χ0) is 19.4. The first-order chi connectivity index (χ1) is 12.9. The SMILES string of the molecule is CC(NS(=O)(=O)c1cccc(C(=O)N(C)C2CCNC2)c1)c1ccccc1.Cl. The highest BCUT2D eigenvalue weighted by Crippen LogP contribution is 2.19. The van der Waals surface area contributed by atoms with Crippen molar-refractivity contribution >= 4 is 28.3 Å². The first kappa shape index (κ1) is 22.4. The fraction of sp³-hybridized carbons (Fsp3) is 0.350. The van der Waals surface area contributed by atoms with E-state index in [-0.39, 0.29) is 35.3 Å². The van der Waals surface area contributed by atoms with Crippen LogP contribution in [-0.4, -0.2) is 45.4 Å². The third-order valence-corrected chi connectivity index (χ3v) is 6.46. The lowest BCUT2D eigenvalue weighted by Crippen LogP contribution is -2.38. The lowest BCUT2D eigenvalue weighted by atomic mass is 10.1. The Balaban J connectivity index is 0.00000280. The normalized spacial score (nSPS) is 17.6. The third-order valence-electron chi connectivity index (χ3n) is 4.93. The van der Waals surface area contributed by atoms with E-state index in [4.69, 9.17) is 0 Å². The molecule has 1 aliphatic heterocycles. The second-order valence-electron chi connectivity index (χ2n) is 6.84. The zero-order valence-corrected chi connectivity index (χ0v) is 17.6. The molecule has 2 aromatic carbocycles. The molecule has 3 rings (SSSR count). The van der Waals surface area contributed by atoms with Crippen LogP contribution in [0.5, 0.6) is 0 Å². The van der Waals surface area contributed by atoms with E-state index in [1.807, 2.05) is 30.3 Å². The van der Waals surface area contributed by atoms with E-state index in [1.165, 1.54) is 12.1 Å². The molecule has 0 radical (unpaired) electrons. The molecule has 2 aromatic rings. The molecule has 0 spiro atoms. The van der Waals surface area contributed by atoms with E-state index in [1.54, 1.807) is 31.0 Å². The summed E-state index contributed by atoms with van der Waals surface area (Å²) in [6.07, 6.45) is 0.899. The Morgan fingerprint density at radius 2 is 1.89 bits per heavy atom. The van der Waals surface area contributed by atoms with E-state index in [0.717, 1.165) is 25.1 Å². The number of amides is 1. The number of hydrogen-bond acceptors (Lipinski definition) is 4. The summed E-state index contributed by atoms with van der Waals surface area (Å²) in [4.78, 5) is 14.5. The molecule has 152 valence electrons. The minimum atomic E-state index is -3.74. The van der Waals surface area contributed by atoms with Gasteiger partial charge >= 0.3 is 0 Å². The lowest BCUT2D eigenvalue weighted by molar-refractivity contribution is 0.0743. The van der Waals surface area contributed by atoms with Gasteiger partial charge in [0.05, 0.1) is 4.90 Å². The smallest absolute Gasteiger partial charge is 0.253 e. The summed E-state index contributed by atoms with van der Waals surface area (Å²) in [6.45, 7) is 3.44. The van der Waals surface area contributed by atoms with Crippen LogP contribution in [0.3, 0.4) is 0 Å². The van der Waals surface area contributed by atoms with Gasteiger partial charge in [0.15, 0.2) is 0 Å². The minimum Gasteiger partial charge on any atom is -0.337 e. The molecule has 1 fully saturated rings. The number of likely N-dealkylation sites (N-methyl/N-ethyl adjacent to an activating group) is 1. The van der Waals surface area contributed by atoms with Crippen molar-refractivity contribution < 1.29 is 13.2 Å². The molecular weight excluding hydrogens is 398 g/mol. The van der Waals surface area contributed by atoms with Gasteiger partial charge in [-0.15, -0.1) is 12.4 Å². The van der Waals surface area contributed by atoms with Gasteiger partial charge in [-0.1, -0.05) is 36.4 Å². The molecule has 1 heterocycles. The van der Waals surface area contributed by atoms with Crippen molar-refractivity contribution in [2.45, 2.75) is 30.3 Å². The molecule has 0 aliphatic carbocycles. The van der Waals surface area contributed by atoms with Crippen LogP contribution in [0, 0.1) is 0 Å². The molecule has 0 bridgehead atoms. The van der Waals surface area contributed by atoms with Crippen LogP contribution >= 0.6 is 12.4 Å². The summed E-state index contributed by atoms with van der Waals surface area (Å²) in [5, 5.41) is 3.23. The molecule has 2 unspecified atom stereocenters. The minimum absolute atomic E-state index is 0. The largest absolute Gasteiger partial charge is 0.337 e. The number of carbonyl (C=O) groups excluding carboxylic acids is 1. The predicted molar refractivity (Wildman–Crippen MR) is 112 cm³/mol. The highest BCUT2D eigenvalue weighted by molar-refractivity contribution is 7.89. The maximum Gasteiger partial charge on any atom is 0.253 e. The molecule has 1 amide bonds. The molecule has 0 saturated carbocycles. The van der Waals surface area contributed by atoms with Crippen LogP contribution in [0.4, 0.5) is 0 Å². The second-order valence-corrected chi connectivity index (χ2v) is 8.56. The van der Waals surface area contributed by atoms with Crippen molar-refractivity contribution in [3.63, 3.8) is 0 Å². The molecule has 28 heavy (non-hydrogen) atoms. The summed E-state index contributed by atoms with van der Waals surface area (Å²) >= 11 is 0. The van der Waals surface area contributed by atoms with Crippen molar-refractivity contribution in [2.24, 2.45) is 0 Å². The summed E-state index contributed by atoms with van der Waals surface area (Å²) in [7, 11) is -1.98. The van der Waals surface area contributed by atoms with Gasteiger partial charge < -0.3 is 10.2 Å². The number of hydrogen-bond donors (Lipinski definition) is 2. The molecule has 0 aromatic heterocycles. The van der Waals surface area contributed by atoms with Gasteiger partial charge in [0, 0.05) is 31.2 Å². The number of sulfonamides is 1. The molecule has 2 N–H and O–H groups in total. The maximum atomic E-state index is 12.8. The Morgan fingerprint density at radius 1 is 1.18 bits per heavy atom. The van der Waals surface area contributed by atoms with Gasteiger partial charge in [-0.2, -0.15) is 0 Å². The van der Waals surface area contributed by atoms with Gasteiger partial charge in [0.2, 0.25) is 10.0 Å². The van der Waals surface area contributed by atoms with Gasteiger partial charge in [0.1, 0.15) is 0 Å². The molecule has 1 saturated heterocycles. The number of nitrogens with zero attached hydrogens (tertiary/aromatic N) is 1. The first-order valence-corrected chi connectivity index (χ1v) is 10.5. The van der Waals surface area contributed by atoms with Crippen molar-refractivity contribution in [3.8, 4) is 0 Å². The summed E-state index contributed by atoms with van der Waals surface area (Å²) in [5.74, 6) is -0.170. The molecule has 6 nitrogen and oxygen atoms in total. The summed E-state index contributed by atoms with van der Waals surface area (Å²) < 4.78 is 28.2. The van der Waals surface area contributed by atoms with E-state index < -0.39 is 10.0 Å². The Bertz CT molecular complexity index is 900. The maximum absolute atomic E-state index is 12.8. The molecule has 1 aliphatic rings. The summed E-state index contributed by atoms with van der Waals surface area (Å²) in [5.41, 5.74) is 1.25. The Hall–Kier alpha value is -1.93. The van der Waals surface area contributed by atoms with E-state index in [2.05, 4.69) is 10.0 Å². The van der Waals surface area contributed by atoms with Crippen molar-refractivity contribution in [1.29, 1.82) is 0 Å². The fourth-order valence-electron chi connectivity index (χ4n) is 3.25. The monoisotopic (exact) mass is 423 g/mol. The van der Waals surface area contributed by atoms with Crippen LogP contribution in [0.2, 0.25) is 0 Å². The topological polar surface area (TPSA) is 78.5 Å². The Morgan fingerprint density at radius 3 is 2.54 bits per heavy atom. The number of carbonyl (C=O) groups is 1.